The van der Waals surface area contributed by atoms with Gasteiger partial charge in [-0.3, -0.25) is 0 Å². The third kappa shape index (κ3) is 4.89. The maximum absolute atomic E-state index is 12.4. The predicted octanol–water partition coefficient (Wildman–Crippen LogP) is 3.64. The average Bonchev–Trinajstić information content (AvgIpc) is 2.41. The van der Waals surface area contributed by atoms with Crippen molar-refractivity contribution in [3.05, 3.63) is 34.9 Å². The van der Waals surface area contributed by atoms with E-state index in [4.69, 9.17) is 16.3 Å². The molecule has 122 valence electrons. The number of hydrogen-bond acceptors (Lipinski definition) is 3. The summed E-state index contributed by atoms with van der Waals surface area (Å²) in [5, 5.41) is 10.6. The van der Waals surface area contributed by atoms with E-state index in [1.807, 2.05) is 45.0 Å². The molecule has 0 saturated carbocycles. The lowest BCUT2D eigenvalue weighted by molar-refractivity contribution is -0.0127. The van der Waals surface area contributed by atoms with Gasteiger partial charge >= 0.3 is 6.09 Å². The maximum Gasteiger partial charge on any atom is 0.410 e. The van der Waals surface area contributed by atoms with Gasteiger partial charge in [-0.1, -0.05) is 23.7 Å². The average molecular weight is 326 g/mol. The summed E-state index contributed by atoms with van der Waals surface area (Å²) in [6, 6.07) is 7.69. The summed E-state index contributed by atoms with van der Waals surface area (Å²) in [6.45, 7) is 5.87. The Kier molecular flexibility index (Phi) is 5.35. The molecule has 2 atom stereocenters. The molecular formula is C17H24ClNO3. The molecule has 1 aliphatic rings. The van der Waals surface area contributed by atoms with E-state index in [1.54, 1.807) is 4.90 Å². The van der Waals surface area contributed by atoms with Crippen molar-refractivity contribution >= 4 is 17.7 Å². The molecule has 1 N–H and O–H groups in total. The lowest BCUT2D eigenvalue weighted by Gasteiger charge is -2.38. The molecule has 1 heterocycles. The topological polar surface area (TPSA) is 49.8 Å². The number of piperidine rings is 1. The van der Waals surface area contributed by atoms with Crippen molar-refractivity contribution in [3.63, 3.8) is 0 Å². The number of amides is 1. The first-order valence-corrected chi connectivity index (χ1v) is 8.04. The Bertz CT molecular complexity index is 510. The molecule has 1 fully saturated rings. The smallest absolute Gasteiger partial charge is 0.410 e. The second-order valence-electron chi connectivity index (χ2n) is 6.85. The van der Waals surface area contributed by atoms with E-state index in [-0.39, 0.29) is 12.1 Å². The Morgan fingerprint density at radius 2 is 1.95 bits per heavy atom. The fourth-order valence-electron chi connectivity index (χ4n) is 2.66. The van der Waals surface area contributed by atoms with Crippen LogP contribution < -0.4 is 0 Å². The molecule has 0 bridgehead atoms. The molecule has 1 aromatic carbocycles. The highest BCUT2D eigenvalue weighted by Crippen LogP contribution is 2.24. The van der Waals surface area contributed by atoms with Gasteiger partial charge in [0.05, 0.1) is 12.6 Å². The van der Waals surface area contributed by atoms with Gasteiger partial charge in [0.15, 0.2) is 0 Å². The summed E-state index contributed by atoms with van der Waals surface area (Å²) in [6.07, 6.45) is 1.38. The summed E-state index contributed by atoms with van der Waals surface area (Å²) in [5.74, 6) is 0. The minimum absolute atomic E-state index is 0.0411. The van der Waals surface area contributed by atoms with E-state index in [1.165, 1.54) is 0 Å². The highest BCUT2D eigenvalue weighted by Gasteiger charge is 2.33. The zero-order valence-corrected chi connectivity index (χ0v) is 14.1. The molecule has 2 rings (SSSR count). The molecule has 0 radical (unpaired) electrons. The van der Waals surface area contributed by atoms with Crippen LogP contribution in [0.4, 0.5) is 4.79 Å². The van der Waals surface area contributed by atoms with Crippen LogP contribution in [0.5, 0.6) is 0 Å². The minimum Gasteiger partial charge on any atom is -0.444 e. The van der Waals surface area contributed by atoms with Crippen LogP contribution in [-0.2, 0) is 11.2 Å². The zero-order chi connectivity index (χ0) is 16.3. The number of aliphatic hydroxyl groups excluding tert-OH is 1. The van der Waals surface area contributed by atoms with Crippen LogP contribution in [0, 0.1) is 0 Å². The lowest BCUT2D eigenvalue weighted by atomic mass is 9.95. The van der Waals surface area contributed by atoms with Crippen molar-refractivity contribution in [1.29, 1.82) is 0 Å². The molecule has 1 saturated heterocycles. The molecule has 1 aromatic rings. The number of halogens is 1. The predicted molar refractivity (Wildman–Crippen MR) is 87.1 cm³/mol. The molecule has 4 nitrogen and oxygen atoms in total. The van der Waals surface area contributed by atoms with Crippen molar-refractivity contribution in [2.24, 2.45) is 0 Å². The standard InChI is InChI=1S/C17H24ClNO3/c1-17(2,3)22-16(21)19-11-15(20)9-8-14(19)10-12-4-6-13(18)7-5-12/h4-7,14-15,20H,8-11H2,1-3H3. The maximum atomic E-state index is 12.4. The van der Waals surface area contributed by atoms with Crippen LogP contribution in [0.1, 0.15) is 39.2 Å². The van der Waals surface area contributed by atoms with Crippen molar-refractivity contribution < 1.29 is 14.6 Å². The van der Waals surface area contributed by atoms with Crippen molar-refractivity contribution in [2.75, 3.05) is 6.54 Å². The SMILES string of the molecule is CC(C)(C)OC(=O)N1CC(O)CCC1Cc1ccc(Cl)cc1. The summed E-state index contributed by atoms with van der Waals surface area (Å²) in [7, 11) is 0. The van der Waals surface area contributed by atoms with Gasteiger partial charge in [0.25, 0.3) is 0 Å². The molecule has 0 aromatic heterocycles. The van der Waals surface area contributed by atoms with E-state index in [2.05, 4.69) is 0 Å². The molecular weight excluding hydrogens is 302 g/mol. The second-order valence-corrected chi connectivity index (χ2v) is 7.28. The third-order valence-corrected chi connectivity index (χ3v) is 3.95. The number of carbonyl (C=O) groups is 1. The first-order valence-electron chi connectivity index (χ1n) is 7.67. The van der Waals surface area contributed by atoms with E-state index in [0.29, 0.717) is 18.0 Å². The highest BCUT2D eigenvalue weighted by molar-refractivity contribution is 6.30. The molecule has 5 heteroatoms. The van der Waals surface area contributed by atoms with Gasteiger partial charge < -0.3 is 14.7 Å². The highest BCUT2D eigenvalue weighted by atomic mass is 35.5. The molecule has 22 heavy (non-hydrogen) atoms. The first kappa shape index (κ1) is 17.1. The second kappa shape index (κ2) is 6.88. The normalized spacial score (nSPS) is 22.5. The number of benzene rings is 1. The summed E-state index contributed by atoms with van der Waals surface area (Å²) in [5.41, 5.74) is 0.587. The van der Waals surface area contributed by atoms with E-state index >= 15 is 0 Å². The summed E-state index contributed by atoms with van der Waals surface area (Å²) >= 11 is 5.91. The monoisotopic (exact) mass is 325 g/mol. The number of aliphatic hydroxyl groups is 1. The van der Waals surface area contributed by atoms with Gasteiger partial charge in [0, 0.05) is 11.1 Å². The summed E-state index contributed by atoms with van der Waals surface area (Å²) < 4.78 is 5.47. The van der Waals surface area contributed by atoms with Gasteiger partial charge in [-0.2, -0.15) is 0 Å². The minimum atomic E-state index is -0.537. The number of carbonyl (C=O) groups excluding carboxylic acids is 1. The first-order chi connectivity index (χ1) is 10.2. The van der Waals surface area contributed by atoms with Gasteiger partial charge in [-0.15, -0.1) is 0 Å². The molecule has 0 spiro atoms. The Hall–Kier alpha value is -1.26. The molecule has 1 aliphatic heterocycles. The Balaban J connectivity index is 2.09. The number of nitrogens with zero attached hydrogens (tertiary/aromatic N) is 1. The molecule has 1 amide bonds. The third-order valence-electron chi connectivity index (χ3n) is 3.69. The lowest BCUT2D eigenvalue weighted by Crippen LogP contribution is -2.51. The Labute approximate surface area is 137 Å². The number of ether oxygens (including phenoxy) is 1. The number of likely N-dealkylation sites (tertiary alicyclic amines) is 1. The zero-order valence-electron chi connectivity index (χ0n) is 13.4. The van der Waals surface area contributed by atoms with E-state index < -0.39 is 11.7 Å². The van der Waals surface area contributed by atoms with Gasteiger partial charge in [0.1, 0.15) is 5.60 Å². The van der Waals surface area contributed by atoms with Crippen LogP contribution in [0.15, 0.2) is 24.3 Å². The van der Waals surface area contributed by atoms with Crippen LogP contribution in [0.2, 0.25) is 5.02 Å². The summed E-state index contributed by atoms with van der Waals surface area (Å²) in [4.78, 5) is 14.0. The van der Waals surface area contributed by atoms with E-state index in [9.17, 15) is 9.90 Å². The molecule has 2 unspecified atom stereocenters. The fraction of sp³-hybridized carbons (Fsp3) is 0.588. The largest absolute Gasteiger partial charge is 0.444 e. The Morgan fingerprint density at radius 1 is 1.32 bits per heavy atom. The quantitative estimate of drug-likeness (QED) is 0.903. The van der Waals surface area contributed by atoms with Gasteiger partial charge in [-0.05, 0) is 57.7 Å². The number of rotatable bonds is 2. The van der Waals surface area contributed by atoms with Crippen molar-refractivity contribution in [3.8, 4) is 0 Å². The van der Waals surface area contributed by atoms with Crippen molar-refractivity contribution in [1.82, 2.24) is 4.90 Å². The van der Waals surface area contributed by atoms with Crippen LogP contribution >= 0.6 is 11.6 Å². The van der Waals surface area contributed by atoms with Gasteiger partial charge in [0.2, 0.25) is 0 Å². The Morgan fingerprint density at radius 3 is 2.55 bits per heavy atom. The van der Waals surface area contributed by atoms with Crippen LogP contribution in [0.3, 0.4) is 0 Å². The number of hydrogen-bond donors (Lipinski definition) is 1. The van der Waals surface area contributed by atoms with E-state index in [0.717, 1.165) is 18.4 Å². The fourth-order valence-corrected chi connectivity index (χ4v) is 2.78. The van der Waals surface area contributed by atoms with Crippen LogP contribution in [-0.4, -0.2) is 40.4 Å². The number of β-amino-alcohol motifs (C(OH)–C–C–N with tert-alkyl or cyclic N) is 1. The van der Waals surface area contributed by atoms with Gasteiger partial charge in [-0.25, -0.2) is 4.79 Å². The van der Waals surface area contributed by atoms with Crippen molar-refractivity contribution in [2.45, 2.75) is 57.8 Å². The van der Waals surface area contributed by atoms with Crippen LogP contribution in [0.25, 0.3) is 0 Å². The molecule has 0 aliphatic carbocycles.